The van der Waals surface area contributed by atoms with Crippen LogP contribution in [-0.2, 0) is 4.74 Å². The van der Waals surface area contributed by atoms with Gasteiger partial charge in [0.2, 0.25) is 0 Å². The van der Waals surface area contributed by atoms with Gasteiger partial charge in [-0.2, -0.15) is 5.10 Å². The van der Waals surface area contributed by atoms with Gasteiger partial charge in [0.25, 0.3) is 0 Å². The predicted molar refractivity (Wildman–Crippen MR) is 52.7 cm³/mol. The van der Waals surface area contributed by atoms with Crippen LogP contribution < -0.4 is 0 Å². The lowest BCUT2D eigenvalue weighted by molar-refractivity contribution is 0.0693. The molecule has 1 aliphatic heterocycles. The van der Waals surface area contributed by atoms with Gasteiger partial charge in [0.05, 0.1) is 19.4 Å². The molecule has 4 nitrogen and oxygen atoms in total. The van der Waals surface area contributed by atoms with E-state index in [2.05, 4.69) is 15.1 Å². The van der Waals surface area contributed by atoms with Crippen molar-refractivity contribution in [3.05, 3.63) is 18.0 Å². The van der Waals surface area contributed by atoms with E-state index in [0.29, 0.717) is 0 Å². The zero-order valence-electron chi connectivity index (χ0n) is 7.19. The number of morpholine rings is 1. The number of hydrogen-bond acceptors (Lipinski definition) is 3. The molecule has 70 valence electrons. The van der Waals surface area contributed by atoms with Gasteiger partial charge in [-0.1, -0.05) is 12.2 Å². The highest BCUT2D eigenvalue weighted by Gasteiger charge is 2.15. The van der Waals surface area contributed by atoms with Gasteiger partial charge < -0.3 is 9.64 Å². The van der Waals surface area contributed by atoms with Crippen LogP contribution >= 0.6 is 12.2 Å². The molecule has 2 heterocycles. The first-order valence-electron chi connectivity index (χ1n) is 4.24. The van der Waals surface area contributed by atoms with Crippen LogP contribution in [0.3, 0.4) is 0 Å². The molecule has 0 unspecified atom stereocenters. The van der Waals surface area contributed by atoms with Gasteiger partial charge in [0.15, 0.2) is 0 Å². The van der Waals surface area contributed by atoms with Crippen LogP contribution in [0.2, 0.25) is 0 Å². The monoisotopic (exact) mass is 197 g/mol. The van der Waals surface area contributed by atoms with Gasteiger partial charge in [0.1, 0.15) is 4.99 Å². The minimum absolute atomic E-state index is 0.762. The summed E-state index contributed by atoms with van der Waals surface area (Å²) in [5, 5.41) is 6.62. The molecule has 0 radical (unpaired) electrons. The molecular weight excluding hydrogens is 186 g/mol. The second-order valence-corrected chi connectivity index (χ2v) is 3.28. The van der Waals surface area contributed by atoms with Gasteiger partial charge in [0, 0.05) is 24.8 Å². The van der Waals surface area contributed by atoms with E-state index in [4.69, 9.17) is 17.0 Å². The highest BCUT2D eigenvalue weighted by molar-refractivity contribution is 7.80. The van der Waals surface area contributed by atoms with Crippen LogP contribution in [0.4, 0.5) is 0 Å². The second-order valence-electron chi connectivity index (χ2n) is 2.89. The third-order valence-corrected chi connectivity index (χ3v) is 2.54. The molecule has 0 spiro atoms. The maximum atomic E-state index is 5.30. The maximum Gasteiger partial charge on any atom is 0.112 e. The molecule has 0 atom stereocenters. The zero-order chi connectivity index (χ0) is 9.10. The summed E-state index contributed by atoms with van der Waals surface area (Å²) in [7, 11) is 0. The molecule has 1 aromatic rings. The van der Waals surface area contributed by atoms with Gasteiger partial charge in [-0.3, -0.25) is 5.10 Å². The minimum Gasteiger partial charge on any atom is -0.378 e. The van der Waals surface area contributed by atoms with E-state index >= 15 is 0 Å². The maximum absolute atomic E-state index is 5.30. The lowest BCUT2D eigenvalue weighted by Gasteiger charge is -2.28. The summed E-state index contributed by atoms with van der Waals surface area (Å²) in [5.41, 5.74) is 0.983. The van der Waals surface area contributed by atoms with Crippen LogP contribution in [0, 0.1) is 0 Å². The number of thiocarbonyl (C=S) groups is 1. The predicted octanol–water partition coefficient (Wildman–Crippen LogP) is 0.417. The van der Waals surface area contributed by atoms with Crippen LogP contribution in [0.25, 0.3) is 0 Å². The van der Waals surface area contributed by atoms with E-state index in [9.17, 15) is 0 Å². The highest BCUT2D eigenvalue weighted by atomic mass is 32.1. The average Bonchev–Trinajstić information content (AvgIpc) is 2.71. The summed E-state index contributed by atoms with van der Waals surface area (Å²) in [6, 6.07) is 0. The lowest BCUT2D eigenvalue weighted by Crippen LogP contribution is -2.40. The molecule has 0 saturated carbocycles. The molecule has 2 rings (SSSR count). The van der Waals surface area contributed by atoms with E-state index in [0.717, 1.165) is 36.9 Å². The highest BCUT2D eigenvalue weighted by Crippen LogP contribution is 2.06. The topological polar surface area (TPSA) is 41.2 Å². The van der Waals surface area contributed by atoms with Gasteiger partial charge in [-0.25, -0.2) is 0 Å². The lowest BCUT2D eigenvalue weighted by atomic mass is 10.3. The number of rotatable bonds is 1. The molecule has 1 fully saturated rings. The van der Waals surface area contributed by atoms with Gasteiger partial charge >= 0.3 is 0 Å². The molecule has 5 heteroatoms. The Hall–Kier alpha value is -0.940. The Bertz CT molecular complexity index is 280. The van der Waals surface area contributed by atoms with Gasteiger partial charge in [-0.05, 0) is 0 Å². The molecule has 1 N–H and O–H groups in total. The standard InChI is InChI=1S/C8H11N3OS/c13-8(7-5-9-10-6-7)11-1-3-12-4-2-11/h5-6H,1-4H2,(H,9,10). The number of hydrogen-bond donors (Lipinski definition) is 1. The van der Waals surface area contributed by atoms with E-state index in [1.165, 1.54) is 0 Å². The Kier molecular flexibility index (Phi) is 2.56. The molecular formula is C8H11N3OS. The van der Waals surface area contributed by atoms with Crippen molar-refractivity contribution in [3.63, 3.8) is 0 Å². The molecule has 13 heavy (non-hydrogen) atoms. The van der Waals surface area contributed by atoms with Crippen molar-refractivity contribution in [1.29, 1.82) is 0 Å². The molecule has 1 saturated heterocycles. The van der Waals surface area contributed by atoms with Crippen molar-refractivity contribution in [2.45, 2.75) is 0 Å². The average molecular weight is 197 g/mol. The SMILES string of the molecule is S=C(c1cn[nH]c1)N1CCOCC1. The molecule has 0 aliphatic carbocycles. The third-order valence-electron chi connectivity index (χ3n) is 2.04. The van der Waals surface area contributed by atoms with Crippen molar-refractivity contribution in [3.8, 4) is 0 Å². The molecule has 0 aromatic carbocycles. The van der Waals surface area contributed by atoms with Crippen molar-refractivity contribution in [2.24, 2.45) is 0 Å². The summed E-state index contributed by atoms with van der Waals surface area (Å²) in [5.74, 6) is 0. The largest absolute Gasteiger partial charge is 0.378 e. The zero-order valence-corrected chi connectivity index (χ0v) is 8.01. The van der Waals surface area contributed by atoms with Gasteiger partial charge in [-0.15, -0.1) is 0 Å². The Morgan fingerprint density at radius 2 is 2.31 bits per heavy atom. The fourth-order valence-electron chi connectivity index (χ4n) is 1.32. The smallest absolute Gasteiger partial charge is 0.112 e. The quantitative estimate of drug-likeness (QED) is 0.662. The fourth-order valence-corrected chi connectivity index (χ4v) is 1.61. The van der Waals surface area contributed by atoms with E-state index < -0.39 is 0 Å². The van der Waals surface area contributed by atoms with Crippen molar-refractivity contribution in [1.82, 2.24) is 15.1 Å². The Balaban J connectivity index is 2.04. The first-order valence-corrected chi connectivity index (χ1v) is 4.64. The Morgan fingerprint density at radius 3 is 2.92 bits per heavy atom. The number of ether oxygens (including phenoxy) is 1. The Labute approximate surface area is 81.9 Å². The number of nitrogens with one attached hydrogen (secondary N) is 1. The summed E-state index contributed by atoms with van der Waals surface area (Å²) in [6.07, 6.45) is 3.57. The number of aromatic nitrogens is 2. The van der Waals surface area contributed by atoms with Crippen LogP contribution in [0.1, 0.15) is 5.56 Å². The Morgan fingerprint density at radius 1 is 1.54 bits per heavy atom. The van der Waals surface area contributed by atoms with Crippen LogP contribution in [-0.4, -0.2) is 46.4 Å². The van der Waals surface area contributed by atoms with E-state index in [-0.39, 0.29) is 0 Å². The van der Waals surface area contributed by atoms with Crippen molar-refractivity contribution < 1.29 is 4.74 Å². The van der Waals surface area contributed by atoms with Crippen molar-refractivity contribution >= 4 is 17.2 Å². The van der Waals surface area contributed by atoms with E-state index in [1.807, 2.05) is 6.20 Å². The summed E-state index contributed by atoms with van der Waals surface area (Å²) in [6.45, 7) is 3.28. The van der Waals surface area contributed by atoms with Crippen LogP contribution in [0.15, 0.2) is 12.4 Å². The summed E-state index contributed by atoms with van der Waals surface area (Å²) >= 11 is 5.30. The minimum atomic E-state index is 0.762. The number of H-pyrrole nitrogens is 1. The molecule has 0 bridgehead atoms. The summed E-state index contributed by atoms with van der Waals surface area (Å²) < 4.78 is 5.24. The molecule has 0 amide bonds. The van der Waals surface area contributed by atoms with Crippen molar-refractivity contribution in [2.75, 3.05) is 26.3 Å². The fraction of sp³-hybridized carbons (Fsp3) is 0.500. The first kappa shape index (κ1) is 8.65. The number of nitrogens with zero attached hydrogens (tertiary/aromatic N) is 2. The normalized spacial score (nSPS) is 17.4. The molecule has 1 aliphatic rings. The second kappa shape index (κ2) is 3.85. The van der Waals surface area contributed by atoms with Crippen LogP contribution in [0.5, 0.6) is 0 Å². The number of aromatic amines is 1. The third kappa shape index (κ3) is 1.87. The summed E-state index contributed by atoms with van der Waals surface area (Å²) in [4.78, 5) is 3.00. The van der Waals surface area contributed by atoms with E-state index in [1.54, 1.807) is 6.20 Å². The first-order chi connectivity index (χ1) is 6.38. The molecule has 1 aromatic heterocycles.